The van der Waals surface area contributed by atoms with Gasteiger partial charge in [0, 0.05) is 25.1 Å². The lowest BCUT2D eigenvalue weighted by atomic mass is 9.99. The number of aryl methyl sites for hydroxylation is 1. The average molecular weight is 529 g/mol. The second kappa shape index (κ2) is 9.86. The molecule has 39 heavy (non-hydrogen) atoms. The van der Waals surface area contributed by atoms with Crippen LogP contribution in [0.1, 0.15) is 61.0 Å². The van der Waals surface area contributed by atoms with Gasteiger partial charge >= 0.3 is 5.97 Å². The molecule has 1 aromatic carbocycles. The number of carbonyl (C=O) groups excluding carboxylic acids is 2. The lowest BCUT2D eigenvalue weighted by molar-refractivity contribution is -0.136. The monoisotopic (exact) mass is 528 g/mol. The second-order valence-electron chi connectivity index (χ2n) is 9.68. The van der Waals surface area contributed by atoms with Crippen molar-refractivity contribution in [3.05, 3.63) is 65.4 Å². The molecule has 0 unspecified atom stereocenters. The molecule has 0 bridgehead atoms. The molecular formula is C27H25FN8O3. The van der Waals surface area contributed by atoms with E-state index in [9.17, 15) is 14.0 Å². The van der Waals surface area contributed by atoms with Crippen molar-refractivity contribution in [3.8, 4) is 22.6 Å². The van der Waals surface area contributed by atoms with Crippen molar-refractivity contribution < 1.29 is 18.7 Å². The molecule has 1 amide bonds. The number of halogens is 1. The van der Waals surface area contributed by atoms with Gasteiger partial charge in [-0.3, -0.25) is 14.3 Å². The molecule has 6 rings (SSSR count). The van der Waals surface area contributed by atoms with Gasteiger partial charge in [-0.05, 0) is 78.4 Å². The quantitative estimate of drug-likeness (QED) is 0.346. The van der Waals surface area contributed by atoms with Crippen molar-refractivity contribution >= 4 is 23.4 Å². The number of tetrazole rings is 1. The first-order chi connectivity index (χ1) is 18.9. The first kappa shape index (κ1) is 24.6. The van der Waals surface area contributed by atoms with Crippen LogP contribution >= 0.6 is 0 Å². The SMILES string of the molecule is CC(=O)OC1=C(n2nnnc2-c2cccc(NC(=O)c3cc(-c4cnn(C5CC5)c4)c(C)cc3F)n2)CCC1. The van der Waals surface area contributed by atoms with E-state index in [0.717, 1.165) is 30.4 Å². The molecule has 11 nitrogen and oxygen atoms in total. The van der Waals surface area contributed by atoms with Gasteiger partial charge < -0.3 is 10.1 Å². The standard InChI is InChI=1S/C27H25FN8O3/c1-15-11-21(28)20(12-19(15)17-13-29-35(14-17)18-9-10-18)27(38)31-25-8-3-5-22(30-25)26-32-33-34-36(26)23-6-4-7-24(23)39-16(2)37/h3,5,8,11-14,18H,4,6-7,9-10H2,1-2H3,(H,30,31,38). The third-order valence-corrected chi connectivity index (χ3v) is 6.74. The van der Waals surface area contributed by atoms with E-state index in [0.29, 0.717) is 47.4 Å². The number of anilines is 1. The molecule has 3 heterocycles. The molecule has 4 aromatic rings. The Morgan fingerprint density at radius 2 is 2.03 bits per heavy atom. The van der Waals surface area contributed by atoms with Crippen molar-refractivity contribution in [2.45, 2.75) is 52.0 Å². The molecule has 0 saturated heterocycles. The topological polar surface area (TPSA) is 130 Å². The summed E-state index contributed by atoms with van der Waals surface area (Å²) >= 11 is 0. The van der Waals surface area contributed by atoms with Crippen LogP contribution < -0.4 is 5.32 Å². The van der Waals surface area contributed by atoms with Crippen LogP contribution in [-0.2, 0) is 9.53 Å². The van der Waals surface area contributed by atoms with Gasteiger partial charge in [0.25, 0.3) is 5.91 Å². The maximum absolute atomic E-state index is 14.9. The summed E-state index contributed by atoms with van der Waals surface area (Å²) in [5.41, 5.74) is 3.24. The van der Waals surface area contributed by atoms with E-state index < -0.39 is 17.7 Å². The molecule has 1 saturated carbocycles. The summed E-state index contributed by atoms with van der Waals surface area (Å²) in [7, 11) is 0. The van der Waals surface area contributed by atoms with Gasteiger partial charge in [0.2, 0.25) is 5.82 Å². The van der Waals surface area contributed by atoms with E-state index in [1.165, 1.54) is 17.7 Å². The molecule has 198 valence electrons. The number of carbonyl (C=O) groups is 2. The van der Waals surface area contributed by atoms with E-state index in [4.69, 9.17) is 4.74 Å². The zero-order chi connectivity index (χ0) is 27.1. The molecule has 0 spiro atoms. The van der Waals surface area contributed by atoms with Crippen molar-refractivity contribution in [2.24, 2.45) is 0 Å². The minimum Gasteiger partial charge on any atom is -0.429 e. The Kier molecular flexibility index (Phi) is 6.21. The second-order valence-corrected chi connectivity index (χ2v) is 9.68. The van der Waals surface area contributed by atoms with Crippen molar-refractivity contribution in [2.75, 3.05) is 5.32 Å². The fourth-order valence-corrected chi connectivity index (χ4v) is 4.72. The first-order valence-electron chi connectivity index (χ1n) is 12.7. The van der Waals surface area contributed by atoms with E-state index in [1.807, 2.05) is 10.9 Å². The number of hydrogen-bond donors (Lipinski definition) is 1. The number of nitrogens with zero attached hydrogens (tertiary/aromatic N) is 7. The first-order valence-corrected chi connectivity index (χ1v) is 12.7. The summed E-state index contributed by atoms with van der Waals surface area (Å²) in [6.45, 7) is 3.15. The molecule has 2 aliphatic rings. The summed E-state index contributed by atoms with van der Waals surface area (Å²) in [5.74, 6) is -0.628. The Labute approximate surface area is 222 Å². The van der Waals surface area contributed by atoms with E-state index in [1.54, 1.807) is 37.4 Å². The number of amides is 1. The molecule has 1 fully saturated rings. The molecule has 1 N–H and O–H groups in total. The highest BCUT2D eigenvalue weighted by Gasteiger charge is 2.26. The Morgan fingerprint density at radius 1 is 1.18 bits per heavy atom. The minimum absolute atomic E-state index is 0.103. The lowest BCUT2D eigenvalue weighted by Crippen LogP contribution is -2.15. The predicted octanol–water partition coefficient (Wildman–Crippen LogP) is 4.55. The van der Waals surface area contributed by atoms with Gasteiger partial charge in [-0.25, -0.2) is 9.37 Å². The van der Waals surface area contributed by atoms with E-state index in [-0.39, 0.29) is 11.4 Å². The number of nitrogens with one attached hydrogen (secondary N) is 1. The van der Waals surface area contributed by atoms with E-state index >= 15 is 0 Å². The molecule has 0 atom stereocenters. The highest BCUT2D eigenvalue weighted by atomic mass is 19.1. The zero-order valence-corrected chi connectivity index (χ0v) is 21.4. The normalized spacial score (nSPS) is 15.1. The van der Waals surface area contributed by atoms with Gasteiger partial charge in [-0.1, -0.05) is 6.07 Å². The highest BCUT2D eigenvalue weighted by molar-refractivity contribution is 6.05. The summed E-state index contributed by atoms with van der Waals surface area (Å²) in [4.78, 5) is 29.2. The lowest BCUT2D eigenvalue weighted by Gasteiger charge is -2.11. The Balaban J connectivity index is 1.27. The maximum Gasteiger partial charge on any atom is 0.307 e. The van der Waals surface area contributed by atoms with Gasteiger partial charge in [0.15, 0.2) is 0 Å². The molecule has 0 radical (unpaired) electrons. The molecule has 0 aliphatic heterocycles. The number of pyridine rings is 1. The van der Waals surface area contributed by atoms with Crippen LogP contribution in [0.5, 0.6) is 0 Å². The van der Waals surface area contributed by atoms with Gasteiger partial charge in [-0.15, -0.1) is 5.10 Å². The predicted molar refractivity (Wildman–Crippen MR) is 138 cm³/mol. The maximum atomic E-state index is 14.9. The number of benzene rings is 1. The van der Waals surface area contributed by atoms with Gasteiger partial charge in [0.05, 0.1) is 23.5 Å². The van der Waals surface area contributed by atoms with Crippen molar-refractivity contribution in [1.29, 1.82) is 0 Å². The van der Waals surface area contributed by atoms with Crippen molar-refractivity contribution in [3.63, 3.8) is 0 Å². The van der Waals surface area contributed by atoms with Crippen LogP contribution in [0.3, 0.4) is 0 Å². The minimum atomic E-state index is -0.636. The highest BCUT2D eigenvalue weighted by Crippen LogP contribution is 2.36. The molecule has 2 aliphatic carbocycles. The number of rotatable bonds is 7. The molecular weight excluding hydrogens is 503 g/mol. The Morgan fingerprint density at radius 3 is 2.82 bits per heavy atom. The fraction of sp³-hybridized carbons (Fsp3) is 0.296. The number of ether oxygens (including phenoxy) is 1. The summed E-state index contributed by atoms with van der Waals surface area (Å²) < 4.78 is 23.7. The van der Waals surface area contributed by atoms with Gasteiger partial charge in [-0.2, -0.15) is 9.78 Å². The number of esters is 1. The van der Waals surface area contributed by atoms with Crippen LogP contribution in [-0.4, -0.2) is 46.8 Å². The van der Waals surface area contributed by atoms with Crippen LogP contribution in [0, 0.1) is 12.7 Å². The summed E-state index contributed by atoms with van der Waals surface area (Å²) in [6, 6.07) is 8.30. The molecule has 12 heteroatoms. The summed E-state index contributed by atoms with van der Waals surface area (Å²) in [5, 5.41) is 19.0. The number of aromatic nitrogens is 7. The number of hydrogen-bond acceptors (Lipinski definition) is 8. The van der Waals surface area contributed by atoms with E-state index in [2.05, 4.69) is 30.9 Å². The molecule has 3 aromatic heterocycles. The fourth-order valence-electron chi connectivity index (χ4n) is 4.72. The average Bonchev–Trinajstić information content (AvgIpc) is 3.27. The Bertz CT molecular complexity index is 1640. The van der Waals surface area contributed by atoms with Crippen LogP contribution in [0.2, 0.25) is 0 Å². The Hall–Kier alpha value is -4.74. The summed E-state index contributed by atoms with van der Waals surface area (Å²) in [6.07, 6.45) is 7.89. The van der Waals surface area contributed by atoms with Crippen LogP contribution in [0.4, 0.5) is 10.2 Å². The largest absolute Gasteiger partial charge is 0.429 e. The third kappa shape index (κ3) is 4.92. The van der Waals surface area contributed by atoms with Crippen molar-refractivity contribution in [1.82, 2.24) is 35.0 Å². The smallest absolute Gasteiger partial charge is 0.307 e. The third-order valence-electron chi connectivity index (χ3n) is 6.74. The van der Waals surface area contributed by atoms with Crippen LogP contribution in [0.25, 0.3) is 28.3 Å². The zero-order valence-electron chi connectivity index (χ0n) is 21.4. The van der Waals surface area contributed by atoms with Gasteiger partial charge in [0.1, 0.15) is 23.1 Å². The van der Waals surface area contributed by atoms with Crippen LogP contribution in [0.15, 0.2) is 48.5 Å². The number of allylic oxidation sites excluding steroid dienone is 2.